The highest BCUT2D eigenvalue weighted by atomic mass is 16.3. The van der Waals surface area contributed by atoms with Gasteiger partial charge in [-0.15, -0.1) is 5.10 Å². The standard InChI is InChI=1S/C17H23N7O2/c1-12(25)4-5-22-6-8-23(9-7-22)14-11-15-19-16(13-3-2-10-26-13)21-24(15)17(18)20-14/h2-3,10-12,25H,4-9H2,1H3,(H2,18,20). The van der Waals surface area contributed by atoms with Gasteiger partial charge >= 0.3 is 0 Å². The second-order valence-corrected chi connectivity index (χ2v) is 6.62. The van der Waals surface area contributed by atoms with Crippen LogP contribution in [0.1, 0.15) is 13.3 Å². The van der Waals surface area contributed by atoms with Gasteiger partial charge in [0.05, 0.1) is 12.4 Å². The van der Waals surface area contributed by atoms with Gasteiger partial charge in [-0.25, -0.2) is 4.98 Å². The summed E-state index contributed by atoms with van der Waals surface area (Å²) in [5, 5.41) is 13.8. The molecule has 1 atom stereocenters. The lowest BCUT2D eigenvalue weighted by Crippen LogP contribution is -2.47. The first-order chi connectivity index (χ1) is 12.6. The molecule has 4 rings (SSSR count). The van der Waals surface area contributed by atoms with E-state index in [1.807, 2.05) is 19.1 Å². The van der Waals surface area contributed by atoms with E-state index < -0.39 is 0 Å². The molecule has 9 heteroatoms. The number of aliphatic hydroxyl groups excluding tert-OH is 1. The van der Waals surface area contributed by atoms with Crippen molar-refractivity contribution in [3.8, 4) is 11.6 Å². The van der Waals surface area contributed by atoms with Gasteiger partial charge in [0.25, 0.3) is 0 Å². The van der Waals surface area contributed by atoms with E-state index in [1.54, 1.807) is 12.3 Å². The number of anilines is 2. The molecule has 0 bridgehead atoms. The first kappa shape index (κ1) is 16.8. The molecule has 4 heterocycles. The van der Waals surface area contributed by atoms with Crippen LogP contribution in [0.5, 0.6) is 0 Å². The number of nitrogens with zero attached hydrogens (tertiary/aromatic N) is 6. The SMILES string of the molecule is CC(O)CCN1CCN(c2cc3nc(-c4ccco4)nn3c(N)n2)CC1. The summed E-state index contributed by atoms with van der Waals surface area (Å²) in [6.45, 7) is 6.33. The molecule has 3 aromatic rings. The summed E-state index contributed by atoms with van der Waals surface area (Å²) in [6, 6.07) is 5.51. The fraction of sp³-hybridized carbons (Fsp3) is 0.471. The molecule has 0 aromatic carbocycles. The predicted molar refractivity (Wildman–Crippen MR) is 97.8 cm³/mol. The van der Waals surface area contributed by atoms with E-state index in [1.165, 1.54) is 4.52 Å². The van der Waals surface area contributed by atoms with Crippen LogP contribution in [0.15, 0.2) is 28.9 Å². The number of nitrogen functional groups attached to an aromatic ring is 1. The summed E-state index contributed by atoms with van der Waals surface area (Å²) in [4.78, 5) is 13.6. The number of furan rings is 1. The fourth-order valence-electron chi connectivity index (χ4n) is 3.14. The quantitative estimate of drug-likeness (QED) is 0.692. The van der Waals surface area contributed by atoms with Gasteiger partial charge in [-0.3, -0.25) is 4.90 Å². The number of nitrogens with two attached hydrogens (primary N) is 1. The Balaban J connectivity index is 1.51. The van der Waals surface area contributed by atoms with Crippen molar-refractivity contribution in [1.29, 1.82) is 0 Å². The van der Waals surface area contributed by atoms with Crippen LogP contribution in [0.4, 0.5) is 11.8 Å². The number of rotatable bonds is 5. The minimum atomic E-state index is -0.256. The van der Waals surface area contributed by atoms with Crippen LogP contribution in [-0.4, -0.2) is 68.4 Å². The highest BCUT2D eigenvalue weighted by Crippen LogP contribution is 2.22. The Morgan fingerprint density at radius 2 is 2.08 bits per heavy atom. The average molecular weight is 357 g/mol. The van der Waals surface area contributed by atoms with Crippen molar-refractivity contribution >= 4 is 17.4 Å². The van der Waals surface area contributed by atoms with Gasteiger partial charge in [0, 0.05) is 38.8 Å². The van der Waals surface area contributed by atoms with E-state index in [0.717, 1.165) is 45.0 Å². The van der Waals surface area contributed by atoms with Crippen LogP contribution in [0.25, 0.3) is 17.2 Å². The minimum absolute atomic E-state index is 0.256. The normalized spacial score (nSPS) is 17.1. The van der Waals surface area contributed by atoms with Crippen LogP contribution in [0.3, 0.4) is 0 Å². The summed E-state index contributed by atoms with van der Waals surface area (Å²) in [6.07, 6.45) is 2.13. The Labute approximate surface area is 151 Å². The van der Waals surface area contributed by atoms with Crippen molar-refractivity contribution < 1.29 is 9.52 Å². The molecule has 1 aliphatic rings. The van der Waals surface area contributed by atoms with Gasteiger partial charge in [-0.1, -0.05) is 0 Å². The van der Waals surface area contributed by atoms with E-state index in [0.29, 0.717) is 23.2 Å². The van der Waals surface area contributed by atoms with Crippen molar-refractivity contribution in [2.24, 2.45) is 0 Å². The van der Waals surface area contributed by atoms with Crippen LogP contribution in [-0.2, 0) is 0 Å². The van der Waals surface area contributed by atoms with Crippen molar-refractivity contribution in [2.75, 3.05) is 43.4 Å². The molecule has 26 heavy (non-hydrogen) atoms. The van der Waals surface area contributed by atoms with E-state index in [-0.39, 0.29) is 6.10 Å². The van der Waals surface area contributed by atoms with Crippen LogP contribution in [0, 0.1) is 0 Å². The Morgan fingerprint density at radius 1 is 1.27 bits per heavy atom. The van der Waals surface area contributed by atoms with Gasteiger partial charge in [0.15, 0.2) is 11.4 Å². The first-order valence-corrected chi connectivity index (χ1v) is 8.82. The first-order valence-electron chi connectivity index (χ1n) is 8.82. The molecule has 3 N–H and O–H groups in total. The topological polar surface area (TPSA) is 109 Å². The molecule has 1 saturated heterocycles. The largest absolute Gasteiger partial charge is 0.461 e. The zero-order valence-electron chi connectivity index (χ0n) is 14.7. The predicted octanol–water partition coefficient (Wildman–Crippen LogP) is 0.859. The highest BCUT2D eigenvalue weighted by Gasteiger charge is 2.20. The third-order valence-corrected chi connectivity index (χ3v) is 4.64. The van der Waals surface area contributed by atoms with Crippen LogP contribution < -0.4 is 10.6 Å². The molecule has 0 spiro atoms. The molecule has 3 aromatic heterocycles. The highest BCUT2D eigenvalue weighted by molar-refractivity contribution is 5.59. The average Bonchev–Trinajstić information content (AvgIpc) is 3.29. The second-order valence-electron chi connectivity index (χ2n) is 6.62. The van der Waals surface area contributed by atoms with Gasteiger partial charge in [0.1, 0.15) is 5.82 Å². The van der Waals surface area contributed by atoms with Crippen molar-refractivity contribution in [1.82, 2.24) is 24.5 Å². The smallest absolute Gasteiger partial charge is 0.225 e. The molecule has 0 amide bonds. The summed E-state index contributed by atoms with van der Waals surface area (Å²) in [5.41, 5.74) is 6.74. The number of piperazine rings is 1. The number of aromatic nitrogens is 4. The van der Waals surface area contributed by atoms with E-state index >= 15 is 0 Å². The molecule has 1 aliphatic heterocycles. The number of hydrogen-bond acceptors (Lipinski definition) is 8. The molecule has 1 fully saturated rings. The van der Waals surface area contributed by atoms with Crippen molar-refractivity contribution in [3.05, 3.63) is 24.5 Å². The lowest BCUT2D eigenvalue weighted by molar-refractivity contribution is 0.153. The number of aliphatic hydroxyl groups is 1. The maximum Gasteiger partial charge on any atom is 0.225 e. The molecular weight excluding hydrogens is 334 g/mol. The summed E-state index contributed by atoms with van der Waals surface area (Å²) < 4.78 is 6.88. The Morgan fingerprint density at radius 3 is 2.77 bits per heavy atom. The third kappa shape index (κ3) is 3.35. The Kier molecular flexibility index (Phi) is 4.48. The van der Waals surface area contributed by atoms with Crippen LogP contribution in [0.2, 0.25) is 0 Å². The Bertz CT molecular complexity index is 867. The second kappa shape index (κ2) is 6.93. The van der Waals surface area contributed by atoms with Gasteiger partial charge in [0.2, 0.25) is 11.8 Å². The van der Waals surface area contributed by atoms with E-state index in [9.17, 15) is 5.11 Å². The molecular formula is C17H23N7O2. The van der Waals surface area contributed by atoms with Gasteiger partial charge in [-0.05, 0) is 25.5 Å². The fourth-order valence-corrected chi connectivity index (χ4v) is 3.14. The van der Waals surface area contributed by atoms with E-state index in [2.05, 4.69) is 24.9 Å². The molecule has 138 valence electrons. The molecule has 0 saturated carbocycles. The lowest BCUT2D eigenvalue weighted by Gasteiger charge is -2.35. The maximum absolute atomic E-state index is 9.43. The van der Waals surface area contributed by atoms with Gasteiger partial charge in [-0.2, -0.15) is 9.50 Å². The van der Waals surface area contributed by atoms with Gasteiger partial charge < -0.3 is 20.2 Å². The molecule has 0 aliphatic carbocycles. The third-order valence-electron chi connectivity index (χ3n) is 4.64. The maximum atomic E-state index is 9.43. The minimum Gasteiger partial charge on any atom is -0.461 e. The van der Waals surface area contributed by atoms with Crippen LogP contribution >= 0.6 is 0 Å². The van der Waals surface area contributed by atoms with Crippen molar-refractivity contribution in [2.45, 2.75) is 19.4 Å². The molecule has 1 unspecified atom stereocenters. The molecule has 9 nitrogen and oxygen atoms in total. The summed E-state index contributed by atoms with van der Waals surface area (Å²) in [7, 11) is 0. The van der Waals surface area contributed by atoms with Crippen molar-refractivity contribution in [3.63, 3.8) is 0 Å². The lowest BCUT2D eigenvalue weighted by atomic mass is 10.2. The number of fused-ring (bicyclic) bond motifs is 1. The zero-order chi connectivity index (χ0) is 18.1. The monoisotopic (exact) mass is 357 g/mol. The zero-order valence-corrected chi connectivity index (χ0v) is 14.7. The summed E-state index contributed by atoms with van der Waals surface area (Å²) >= 11 is 0. The summed E-state index contributed by atoms with van der Waals surface area (Å²) in [5.74, 6) is 2.20. The van der Waals surface area contributed by atoms with E-state index in [4.69, 9.17) is 10.2 Å². The Hall–Kier alpha value is -2.65. The number of hydrogen-bond donors (Lipinski definition) is 2. The molecule has 0 radical (unpaired) electrons.